The molecule has 2 aromatic rings. The second kappa shape index (κ2) is 6.53. The summed E-state index contributed by atoms with van der Waals surface area (Å²) >= 11 is 12.3. The summed E-state index contributed by atoms with van der Waals surface area (Å²) in [6.45, 7) is 0. The lowest BCUT2D eigenvalue weighted by molar-refractivity contribution is 0.594. The predicted molar refractivity (Wildman–Crippen MR) is 99.0 cm³/mol. The van der Waals surface area contributed by atoms with E-state index in [2.05, 4.69) is 9.97 Å². The first-order valence-electron chi connectivity index (χ1n) is 8.45. The van der Waals surface area contributed by atoms with Crippen molar-refractivity contribution in [3.05, 3.63) is 56.6 Å². The van der Waals surface area contributed by atoms with Gasteiger partial charge in [-0.3, -0.25) is 0 Å². The number of sulfone groups is 1. The Kier molecular flexibility index (Phi) is 4.50. The maximum atomic E-state index is 12.3. The van der Waals surface area contributed by atoms with E-state index < -0.39 is 9.84 Å². The van der Waals surface area contributed by atoms with Crippen molar-refractivity contribution in [2.24, 2.45) is 0 Å². The zero-order valence-corrected chi connectivity index (χ0v) is 16.0. The van der Waals surface area contributed by atoms with Crippen molar-refractivity contribution in [3.8, 4) is 0 Å². The van der Waals surface area contributed by atoms with E-state index in [0.717, 1.165) is 49.1 Å². The number of nitrogens with zero attached hydrogens (tertiary/aromatic N) is 2. The summed E-state index contributed by atoms with van der Waals surface area (Å²) in [5.74, 6) is 0.00692. The third-order valence-electron chi connectivity index (χ3n) is 4.86. The van der Waals surface area contributed by atoms with E-state index in [9.17, 15) is 8.42 Å². The first-order valence-corrected chi connectivity index (χ1v) is 10.9. The van der Waals surface area contributed by atoms with Gasteiger partial charge in [0.05, 0.1) is 16.7 Å². The Morgan fingerprint density at radius 2 is 1.92 bits per heavy atom. The number of aryl methyl sites for hydroxylation is 1. The fourth-order valence-corrected chi connectivity index (χ4v) is 5.66. The van der Waals surface area contributed by atoms with Crippen molar-refractivity contribution in [2.45, 2.75) is 49.5 Å². The molecule has 2 aliphatic carbocycles. The van der Waals surface area contributed by atoms with E-state index in [1.54, 1.807) is 6.07 Å². The highest BCUT2D eigenvalue weighted by atomic mass is 35.5. The minimum atomic E-state index is -3.10. The fourth-order valence-electron chi connectivity index (χ4n) is 3.43. The molecule has 0 bridgehead atoms. The van der Waals surface area contributed by atoms with E-state index in [1.807, 2.05) is 12.1 Å². The minimum absolute atomic E-state index is 0.00692. The molecule has 0 unspecified atom stereocenters. The summed E-state index contributed by atoms with van der Waals surface area (Å²) in [6, 6.07) is 5.59. The molecule has 1 saturated carbocycles. The van der Waals surface area contributed by atoms with Gasteiger partial charge in [0, 0.05) is 17.1 Å². The van der Waals surface area contributed by atoms with Gasteiger partial charge in [0.15, 0.2) is 9.84 Å². The summed E-state index contributed by atoms with van der Waals surface area (Å²) in [6.07, 6.45) is 5.13. The van der Waals surface area contributed by atoms with Crippen LogP contribution in [0.4, 0.5) is 0 Å². The monoisotopic (exact) mass is 396 g/mol. The quantitative estimate of drug-likeness (QED) is 0.717. The van der Waals surface area contributed by atoms with Crippen molar-refractivity contribution in [2.75, 3.05) is 0 Å². The Labute approximate surface area is 157 Å². The Morgan fingerprint density at radius 3 is 2.68 bits per heavy atom. The molecule has 0 spiro atoms. The van der Waals surface area contributed by atoms with Crippen LogP contribution in [0.15, 0.2) is 18.2 Å². The van der Waals surface area contributed by atoms with Crippen LogP contribution in [0.3, 0.4) is 0 Å². The predicted octanol–water partition coefficient (Wildman–Crippen LogP) is 3.94. The molecule has 0 atom stereocenters. The van der Waals surface area contributed by atoms with Crippen molar-refractivity contribution in [1.29, 1.82) is 0 Å². The molecule has 2 aliphatic rings. The zero-order valence-electron chi connectivity index (χ0n) is 13.6. The standard InChI is InChI=1S/C18H18Cl2N2O2S/c19-15-7-4-11(8-12(15)10-25(23,24)13-5-6-13)9-17-14-2-1-3-16(14)21-18(20)22-17/h4,7-8,13H,1-3,5-6,9-10H2. The summed E-state index contributed by atoms with van der Waals surface area (Å²) in [5, 5.41) is 0.594. The molecule has 0 N–H and O–H groups in total. The van der Waals surface area contributed by atoms with Crippen molar-refractivity contribution in [1.82, 2.24) is 9.97 Å². The van der Waals surface area contributed by atoms with Crippen molar-refractivity contribution < 1.29 is 8.42 Å². The van der Waals surface area contributed by atoms with E-state index in [-0.39, 0.29) is 16.3 Å². The summed E-state index contributed by atoms with van der Waals surface area (Å²) < 4.78 is 24.6. The molecule has 25 heavy (non-hydrogen) atoms. The highest BCUT2D eigenvalue weighted by Gasteiger charge is 2.35. The molecule has 0 amide bonds. The first-order chi connectivity index (χ1) is 11.9. The molecule has 1 heterocycles. The maximum Gasteiger partial charge on any atom is 0.222 e. The lowest BCUT2D eigenvalue weighted by atomic mass is 10.0. The average molecular weight is 397 g/mol. The van der Waals surface area contributed by atoms with Crippen molar-refractivity contribution in [3.63, 3.8) is 0 Å². The molecular weight excluding hydrogens is 379 g/mol. The van der Waals surface area contributed by atoms with Gasteiger partial charge >= 0.3 is 0 Å². The molecule has 4 nitrogen and oxygen atoms in total. The molecule has 0 aliphatic heterocycles. The third kappa shape index (κ3) is 3.69. The molecule has 0 radical (unpaired) electrons. The SMILES string of the molecule is O=S(=O)(Cc1cc(Cc2nc(Cl)nc3c2CCC3)ccc1Cl)C1CC1. The van der Waals surface area contributed by atoms with Crippen LogP contribution in [0.2, 0.25) is 10.3 Å². The molecule has 4 rings (SSSR count). The Balaban J connectivity index is 1.63. The molecular formula is C18H18Cl2N2O2S. The van der Waals surface area contributed by atoms with Crippen LogP contribution < -0.4 is 0 Å². The number of rotatable bonds is 5. The Hall–Kier alpha value is -1.17. The van der Waals surface area contributed by atoms with E-state index >= 15 is 0 Å². The van der Waals surface area contributed by atoms with Gasteiger partial charge in [-0.05, 0) is 66.5 Å². The van der Waals surface area contributed by atoms with Crippen LogP contribution >= 0.6 is 23.2 Å². The summed E-state index contributed by atoms with van der Waals surface area (Å²) in [4.78, 5) is 8.72. The topological polar surface area (TPSA) is 59.9 Å². The van der Waals surface area contributed by atoms with E-state index in [0.29, 0.717) is 17.0 Å². The highest BCUT2D eigenvalue weighted by molar-refractivity contribution is 7.91. The Bertz CT molecular complexity index is 940. The number of aromatic nitrogens is 2. The zero-order chi connectivity index (χ0) is 17.6. The van der Waals surface area contributed by atoms with Crippen LogP contribution in [0.5, 0.6) is 0 Å². The highest BCUT2D eigenvalue weighted by Crippen LogP contribution is 2.33. The van der Waals surface area contributed by atoms with Gasteiger partial charge in [-0.25, -0.2) is 18.4 Å². The van der Waals surface area contributed by atoms with E-state index in [4.69, 9.17) is 23.2 Å². The van der Waals surface area contributed by atoms with Gasteiger partial charge in [-0.2, -0.15) is 0 Å². The maximum absolute atomic E-state index is 12.3. The smallest absolute Gasteiger partial charge is 0.222 e. The van der Waals surface area contributed by atoms with E-state index in [1.165, 1.54) is 5.56 Å². The van der Waals surface area contributed by atoms with Gasteiger partial charge in [-0.1, -0.05) is 23.7 Å². The second-order valence-corrected chi connectivity index (χ2v) is 9.85. The average Bonchev–Trinajstić information content (AvgIpc) is 3.31. The largest absolute Gasteiger partial charge is 0.228 e. The minimum Gasteiger partial charge on any atom is -0.228 e. The lowest BCUT2D eigenvalue weighted by Gasteiger charge is -2.11. The molecule has 0 saturated heterocycles. The van der Waals surface area contributed by atoms with Gasteiger partial charge in [0.25, 0.3) is 0 Å². The van der Waals surface area contributed by atoms with Gasteiger partial charge < -0.3 is 0 Å². The molecule has 132 valence electrons. The number of hydrogen-bond acceptors (Lipinski definition) is 4. The molecule has 7 heteroatoms. The second-order valence-electron chi connectivity index (χ2n) is 6.83. The first kappa shape index (κ1) is 17.3. The molecule has 1 aromatic carbocycles. The summed E-state index contributed by atoms with van der Waals surface area (Å²) in [7, 11) is -3.10. The normalized spacial score (nSPS) is 16.9. The van der Waals surface area contributed by atoms with Crippen LogP contribution in [0.1, 0.15) is 47.3 Å². The van der Waals surface area contributed by atoms with Crippen molar-refractivity contribution >= 4 is 33.0 Å². The third-order valence-corrected chi connectivity index (χ3v) is 7.60. The van der Waals surface area contributed by atoms with Crippen LogP contribution in [-0.2, 0) is 34.9 Å². The fraction of sp³-hybridized carbons (Fsp3) is 0.444. The number of fused-ring (bicyclic) bond motifs is 1. The lowest BCUT2D eigenvalue weighted by Crippen LogP contribution is -2.10. The van der Waals surface area contributed by atoms with Crippen LogP contribution in [0, 0.1) is 0 Å². The Morgan fingerprint density at radius 1 is 1.12 bits per heavy atom. The summed E-state index contributed by atoms with van der Waals surface area (Å²) in [5.41, 5.74) is 4.83. The van der Waals surface area contributed by atoms with Gasteiger partial charge in [-0.15, -0.1) is 0 Å². The number of benzene rings is 1. The van der Waals surface area contributed by atoms with Crippen LogP contribution in [-0.4, -0.2) is 23.6 Å². The van der Waals surface area contributed by atoms with Gasteiger partial charge in [0.1, 0.15) is 0 Å². The molecule has 1 fully saturated rings. The number of hydrogen-bond donors (Lipinski definition) is 0. The van der Waals surface area contributed by atoms with Crippen LogP contribution in [0.25, 0.3) is 0 Å². The van der Waals surface area contributed by atoms with Gasteiger partial charge in [0.2, 0.25) is 5.28 Å². The number of halogens is 2. The molecule has 1 aromatic heterocycles.